The number of benzene rings is 1. The number of aromatic nitrogens is 1. The van der Waals surface area contributed by atoms with Crippen LogP contribution in [0, 0.1) is 6.92 Å². The molecule has 0 radical (unpaired) electrons. The van der Waals surface area contributed by atoms with E-state index in [-0.39, 0.29) is 24.9 Å². The zero-order chi connectivity index (χ0) is 22.2. The summed E-state index contributed by atoms with van der Waals surface area (Å²) < 4.78 is 5.20. The Hall–Kier alpha value is -2.97. The number of carbonyl (C=O) groups excluding carboxylic acids is 2. The van der Waals surface area contributed by atoms with Gasteiger partial charge < -0.3 is 15.0 Å². The van der Waals surface area contributed by atoms with Gasteiger partial charge in [-0.3, -0.25) is 19.4 Å². The van der Waals surface area contributed by atoms with E-state index < -0.39 is 0 Å². The number of hydrogen-bond donors (Lipinski definition) is 1. The van der Waals surface area contributed by atoms with Gasteiger partial charge in [0.2, 0.25) is 11.8 Å². The molecule has 2 amide bonds. The summed E-state index contributed by atoms with van der Waals surface area (Å²) in [5.41, 5.74) is 2.07. The van der Waals surface area contributed by atoms with Gasteiger partial charge in [-0.1, -0.05) is 18.2 Å². The third kappa shape index (κ3) is 7.04. The van der Waals surface area contributed by atoms with Gasteiger partial charge in [-0.05, 0) is 43.8 Å². The summed E-state index contributed by atoms with van der Waals surface area (Å²) in [6, 6.07) is 13.6. The highest BCUT2D eigenvalue weighted by Crippen LogP contribution is 2.14. The monoisotopic (exact) mass is 425 g/mol. The van der Waals surface area contributed by atoms with Crippen molar-refractivity contribution in [3.05, 3.63) is 53.7 Å². The van der Waals surface area contributed by atoms with Crippen molar-refractivity contribution < 1.29 is 14.3 Å². The molecule has 0 spiro atoms. The Morgan fingerprint density at radius 2 is 1.77 bits per heavy atom. The Morgan fingerprint density at radius 1 is 1.06 bits per heavy atom. The van der Waals surface area contributed by atoms with Gasteiger partial charge in [-0.15, -0.1) is 0 Å². The number of ether oxygens (including phenoxy) is 1. The number of methoxy groups -OCH3 is 1. The van der Waals surface area contributed by atoms with E-state index in [0.29, 0.717) is 18.9 Å². The fourth-order valence-electron chi connectivity index (χ4n) is 3.57. The zero-order valence-corrected chi connectivity index (χ0v) is 18.5. The van der Waals surface area contributed by atoms with Crippen LogP contribution in [0.25, 0.3) is 0 Å². The molecule has 1 fully saturated rings. The molecule has 0 unspecified atom stereocenters. The molecule has 1 saturated heterocycles. The Morgan fingerprint density at radius 3 is 2.42 bits per heavy atom. The van der Waals surface area contributed by atoms with E-state index in [1.807, 2.05) is 36.1 Å². The molecule has 8 nitrogen and oxygen atoms in total. The van der Waals surface area contributed by atoms with Gasteiger partial charge in [0.25, 0.3) is 0 Å². The topological polar surface area (TPSA) is 78.0 Å². The lowest BCUT2D eigenvalue weighted by Crippen LogP contribution is -2.51. The van der Waals surface area contributed by atoms with Gasteiger partial charge >= 0.3 is 0 Å². The number of nitrogens with one attached hydrogen (secondary N) is 1. The summed E-state index contributed by atoms with van der Waals surface area (Å²) >= 11 is 0. The smallest absolute Gasteiger partial charge is 0.239 e. The highest BCUT2D eigenvalue weighted by molar-refractivity contribution is 5.91. The van der Waals surface area contributed by atoms with Crippen LogP contribution in [0.2, 0.25) is 0 Å². The second-order valence-corrected chi connectivity index (χ2v) is 7.89. The van der Waals surface area contributed by atoms with Crippen LogP contribution in [0.1, 0.15) is 11.3 Å². The third-order valence-corrected chi connectivity index (χ3v) is 5.26. The minimum Gasteiger partial charge on any atom is -0.497 e. The van der Waals surface area contributed by atoms with Crippen molar-refractivity contribution in [3.63, 3.8) is 0 Å². The van der Waals surface area contributed by atoms with E-state index in [1.54, 1.807) is 25.1 Å². The number of carbonyl (C=O) groups is 2. The quantitative estimate of drug-likeness (QED) is 0.693. The summed E-state index contributed by atoms with van der Waals surface area (Å²) in [4.78, 5) is 35.1. The van der Waals surface area contributed by atoms with Crippen molar-refractivity contribution in [2.75, 3.05) is 58.7 Å². The van der Waals surface area contributed by atoms with Gasteiger partial charge in [0.05, 0.1) is 20.2 Å². The molecule has 1 aliphatic heterocycles. The number of rotatable bonds is 8. The Labute approximate surface area is 183 Å². The predicted molar refractivity (Wildman–Crippen MR) is 120 cm³/mol. The van der Waals surface area contributed by atoms with Gasteiger partial charge in [0, 0.05) is 38.4 Å². The molecule has 31 heavy (non-hydrogen) atoms. The van der Waals surface area contributed by atoms with E-state index >= 15 is 0 Å². The fraction of sp³-hybridized carbons (Fsp3) is 0.435. The molecule has 1 N–H and O–H groups in total. The first-order valence-electron chi connectivity index (χ1n) is 10.5. The second kappa shape index (κ2) is 10.9. The Bertz CT molecular complexity index is 879. The van der Waals surface area contributed by atoms with Crippen molar-refractivity contribution in [2.24, 2.45) is 0 Å². The number of piperazine rings is 1. The number of amides is 2. The predicted octanol–water partition coefficient (Wildman–Crippen LogP) is 1.61. The summed E-state index contributed by atoms with van der Waals surface area (Å²) in [6.45, 7) is 6.15. The number of anilines is 1. The van der Waals surface area contributed by atoms with Gasteiger partial charge in [0.15, 0.2) is 0 Å². The van der Waals surface area contributed by atoms with Crippen LogP contribution >= 0.6 is 0 Å². The van der Waals surface area contributed by atoms with Crippen LogP contribution < -0.4 is 10.1 Å². The number of nitrogens with zero attached hydrogens (tertiary/aromatic N) is 4. The summed E-state index contributed by atoms with van der Waals surface area (Å²) in [6.07, 6.45) is 0. The SMILES string of the molecule is COc1ccc(CN2CCN(C(=O)CN(C)CC(=O)Nc3cccc(C)n3)CC2)cc1. The molecular formula is C23H31N5O3. The third-order valence-electron chi connectivity index (χ3n) is 5.26. The minimum atomic E-state index is -0.183. The largest absolute Gasteiger partial charge is 0.497 e. The van der Waals surface area contributed by atoms with Crippen LogP contribution in [-0.4, -0.2) is 84.9 Å². The van der Waals surface area contributed by atoms with Crippen molar-refractivity contribution in [1.29, 1.82) is 0 Å². The van der Waals surface area contributed by atoms with Crippen molar-refractivity contribution in [1.82, 2.24) is 19.7 Å². The van der Waals surface area contributed by atoms with Crippen LogP contribution in [0.4, 0.5) is 5.82 Å². The molecule has 1 aliphatic rings. The lowest BCUT2D eigenvalue weighted by atomic mass is 10.2. The molecule has 0 aliphatic carbocycles. The first kappa shape index (κ1) is 22.7. The standard InChI is InChI=1S/C23H31N5O3/c1-18-5-4-6-21(24-18)25-22(29)16-26(2)17-23(30)28-13-11-27(12-14-28)15-19-7-9-20(31-3)10-8-19/h4-10H,11-17H2,1-3H3,(H,24,25,29). The van der Waals surface area contributed by atoms with Gasteiger partial charge in [-0.25, -0.2) is 4.98 Å². The lowest BCUT2D eigenvalue weighted by molar-refractivity contribution is -0.134. The maximum Gasteiger partial charge on any atom is 0.239 e. The number of hydrogen-bond acceptors (Lipinski definition) is 6. The van der Waals surface area contributed by atoms with Crippen molar-refractivity contribution in [2.45, 2.75) is 13.5 Å². The van der Waals surface area contributed by atoms with Crippen molar-refractivity contribution in [3.8, 4) is 5.75 Å². The van der Waals surface area contributed by atoms with Crippen molar-refractivity contribution >= 4 is 17.6 Å². The highest BCUT2D eigenvalue weighted by atomic mass is 16.5. The Kier molecular flexibility index (Phi) is 7.97. The van der Waals surface area contributed by atoms with Crippen LogP contribution in [0.5, 0.6) is 5.75 Å². The molecule has 0 saturated carbocycles. The molecule has 0 bridgehead atoms. The molecule has 1 aromatic carbocycles. The minimum absolute atomic E-state index is 0.0491. The van der Waals surface area contributed by atoms with Crippen LogP contribution in [0.15, 0.2) is 42.5 Å². The average molecular weight is 426 g/mol. The molecule has 166 valence electrons. The molecule has 2 aromatic rings. The molecular weight excluding hydrogens is 394 g/mol. The van der Waals surface area contributed by atoms with Crippen LogP contribution in [0.3, 0.4) is 0 Å². The highest BCUT2D eigenvalue weighted by Gasteiger charge is 2.22. The summed E-state index contributed by atoms with van der Waals surface area (Å²) in [7, 11) is 3.44. The van der Waals surface area contributed by atoms with E-state index in [1.165, 1.54) is 5.56 Å². The van der Waals surface area contributed by atoms with E-state index in [9.17, 15) is 9.59 Å². The molecule has 8 heteroatoms. The molecule has 0 atom stereocenters. The second-order valence-electron chi connectivity index (χ2n) is 7.89. The average Bonchev–Trinajstić information content (AvgIpc) is 2.74. The Balaban J connectivity index is 1.39. The van der Waals surface area contributed by atoms with E-state index in [2.05, 4.69) is 27.3 Å². The first-order chi connectivity index (χ1) is 14.9. The van der Waals surface area contributed by atoms with E-state index in [0.717, 1.165) is 31.1 Å². The van der Waals surface area contributed by atoms with Gasteiger partial charge in [-0.2, -0.15) is 0 Å². The lowest BCUT2D eigenvalue weighted by Gasteiger charge is -2.35. The van der Waals surface area contributed by atoms with Gasteiger partial charge in [0.1, 0.15) is 11.6 Å². The maximum absolute atomic E-state index is 12.6. The molecule has 1 aromatic heterocycles. The summed E-state index contributed by atoms with van der Waals surface area (Å²) in [5, 5.41) is 2.77. The zero-order valence-electron chi connectivity index (χ0n) is 18.5. The number of aryl methyl sites for hydroxylation is 1. The number of pyridine rings is 1. The summed E-state index contributed by atoms with van der Waals surface area (Å²) in [5.74, 6) is 1.25. The first-order valence-corrected chi connectivity index (χ1v) is 10.5. The van der Waals surface area contributed by atoms with E-state index in [4.69, 9.17) is 4.74 Å². The molecule has 2 heterocycles. The molecule has 3 rings (SSSR count). The fourth-order valence-corrected chi connectivity index (χ4v) is 3.57. The maximum atomic E-state index is 12.6. The normalized spacial score (nSPS) is 14.5. The number of likely N-dealkylation sites (N-methyl/N-ethyl adjacent to an activating group) is 1. The van der Waals surface area contributed by atoms with Crippen LogP contribution in [-0.2, 0) is 16.1 Å².